The number of carboxylic acids is 1. The molecule has 5 heteroatoms. The minimum Gasteiger partial charge on any atom is -0.478 e. The summed E-state index contributed by atoms with van der Waals surface area (Å²) in [6, 6.07) is 12.0. The Morgan fingerprint density at radius 1 is 0.815 bits per heavy atom. The fourth-order valence-corrected chi connectivity index (χ4v) is 2.85. The molecular formula is C22H27NaO4. The first kappa shape index (κ1) is 23.4. The standard InChI is InChI=1S/C15H21O2.C7H6O2.Na/c1-14(2,3)11-7-10(9-16)8-12(13(11)17)15(4,5)6;8-7(9)6-4-2-1-3-5-6;/h7-8,17H,1-6H3;1-5H,(H,8,9);. The average Bonchev–Trinajstić information content (AvgIpc) is 2.54. The van der Waals surface area contributed by atoms with Gasteiger partial charge in [-0.1, -0.05) is 18.2 Å². The third-order valence-electron chi connectivity index (χ3n) is 4.15. The van der Waals surface area contributed by atoms with Crippen molar-refractivity contribution in [3.63, 3.8) is 0 Å². The van der Waals surface area contributed by atoms with Crippen molar-refractivity contribution in [2.24, 2.45) is 0 Å². The molecule has 0 bridgehead atoms. The minimum absolute atomic E-state index is 0.170. The number of aromatic hydroxyl groups is 1. The van der Waals surface area contributed by atoms with E-state index < -0.39 is 5.97 Å². The molecule has 0 aliphatic heterocycles. The fraction of sp³-hybridized carbons (Fsp3) is 0.364. The number of benzene rings is 2. The molecule has 0 amide bonds. The van der Waals surface area contributed by atoms with Crippen LogP contribution in [0, 0.1) is 0 Å². The Morgan fingerprint density at radius 3 is 1.48 bits per heavy atom. The third kappa shape index (κ3) is 6.80. The van der Waals surface area contributed by atoms with Crippen molar-refractivity contribution in [3.8, 4) is 5.75 Å². The number of phenols is 1. The second-order valence-corrected chi connectivity index (χ2v) is 9.56. The average molecular weight is 378 g/mol. The second-order valence-electron chi connectivity index (χ2n) is 8.65. The van der Waals surface area contributed by atoms with Crippen molar-refractivity contribution in [3.05, 3.63) is 64.7 Å². The molecule has 2 aromatic carbocycles. The molecule has 0 atom stereocenters. The molecule has 27 heavy (non-hydrogen) atoms. The predicted molar refractivity (Wildman–Crippen MR) is 109 cm³/mol. The van der Waals surface area contributed by atoms with Gasteiger partial charge in [-0.3, -0.25) is 0 Å². The molecule has 0 fully saturated rings. The number of carbonyl (C=O) groups is 2. The minimum atomic E-state index is -0.879. The maximum Gasteiger partial charge on any atom is 0.335 e. The van der Waals surface area contributed by atoms with Crippen molar-refractivity contribution in [1.29, 1.82) is 0 Å². The van der Waals surface area contributed by atoms with E-state index in [4.69, 9.17) is 5.11 Å². The zero-order chi connectivity index (χ0) is 21.0. The van der Waals surface area contributed by atoms with Crippen LogP contribution in [0.4, 0.5) is 0 Å². The van der Waals surface area contributed by atoms with E-state index in [9.17, 15) is 14.7 Å². The van der Waals surface area contributed by atoms with Gasteiger partial charge < -0.3 is 5.11 Å². The van der Waals surface area contributed by atoms with Crippen LogP contribution < -0.4 is 0 Å². The summed E-state index contributed by atoms with van der Waals surface area (Å²) in [6.07, 6.45) is 0. The van der Waals surface area contributed by atoms with Crippen LogP contribution >= 0.6 is 0 Å². The zero-order valence-electron chi connectivity index (χ0n) is 17.3. The SMILES string of the molecule is CC(C)(C)c1cc([C](=O)[Na])cc(C(C)(C)C)c1O.O=C(O)c1ccccc1. The molecule has 0 aromatic heterocycles. The Morgan fingerprint density at radius 2 is 1.22 bits per heavy atom. The smallest absolute Gasteiger partial charge is 0.335 e. The molecule has 0 spiro atoms. The Hall–Kier alpha value is -1.62. The Balaban J connectivity index is 0.000000337. The molecule has 0 aliphatic carbocycles. The van der Waals surface area contributed by atoms with Gasteiger partial charge in [0.15, 0.2) is 0 Å². The Kier molecular flexibility index (Phi) is 7.85. The molecule has 0 aliphatic rings. The summed E-state index contributed by atoms with van der Waals surface area (Å²) >= 11 is 0.503. The summed E-state index contributed by atoms with van der Waals surface area (Å²) in [5, 5.41) is 18.9. The van der Waals surface area contributed by atoms with Crippen LogP contribution in [0.15, 0.2) is 42.5 Å². The van der Waals surface area contributed by atoms with E-state index in [2.05, 4.69) is 41.5 Å². The van der Waals surface area contributed by atoms with Crippen LogP contribution in [0.2, 0.25) is 0 Å². The van der Waals surface area contributed by atoms with Gasteiger partial charge in [0.25, 0.3) is 0 Å². The number of phenolic OH excluding ortho intramolecular Hbond substituents is 1. The molecule has 2 aromatic rings. The van der Waals surface area contributed by atoms with E-state index in [1.54, 1.807) is 30.3 Å². The van der Waals surface area contributed by atoms with Gasteiger partial charge in [0, 0.05) is 0 Å². The second kappa shape index (κ2) is 9.05. The van der Waals surface area contributed by atoms with Crippen LogP contribution in [0.5, 0.6) is 5.75 Å². The van der Waals surface area contributed by atoms with Crippen LogP contribution in [-0.4, -0.2) is 47.1 Å². The largest absolute Gasteiger partial charge is 0.478 e. The van der Waals surface area contributed by atoms with E-state index in [1.807, 2.05) is 12.1 Å². The number of rotatable bonds is 2. The summed E-state index contributed by atoms with van der Waals surface area (Å²) < 4.78 is 0.172. The van der Waals surface area contributed by atoms with Gasteiger partial charge in [-0.2, -0.15) is 0 Å². The first-order valence-electron chi connectivity index (χ1n) is 8.92. The Labute approximate surface area is 179 Å². The zero-order valence-corrected chi connectivity index (χ0v) is 19.3. The number of carbonyl (C=O) groups excluding carboxylic acids is 1. The summed E-state index contributed by atoms with van der Waals surface area (Å²) in [7, 11) is 0. The normalized spacial score (nSPS) is 11.4. The van der Waals surface area contributed by atoms with Crippen molar-refractivity contribution in [2.45, 2.75) is 52.4 Å². The quantitative estimate of drug-likeness (QED) is 0.744. The molecule has 0 saturated carbocycles. The molecule has 0 saturated heterocycles. The van der Waals surface area contributed by atoms with Crippen molar-refractivity contribution in [1.82, 2.24) is 0 Å². The molecule has 0 unspecified atom stereocenters. The predicted octanol–water partition coefficient (Wildman–Crippen LogP) is 4.68. The van der Waals surface area contributed by atoms with Crippen LogP contribution in [0.25, 0.3) is 0 Å². The summed E-state index contributed by atoms with van der Waals surface area (Å²) in [4.78, 5) is 21.9. The molecule has 2 N–H and O–H groups in total. The molecular weight excluding hydrogens is 351 g/mol. The Bertz CT molecular complexity index is 777. The van der Waals surface area contributed by atoms with Gasteiger partial charge in [-0.25, -0.2) is 4.79 Å². The summed E-state index contributed by atoms with van der Waals surface area (Å²) in [5.41, 5.74) is 2.43. The van der Waals surface area contributed by atoms with Gasteiger partial charge in [-0.15, -0.1) is 0 Å². The van der Waals surface area contributed by atoms with Crippen LogP contribution in [0.3, 0.4) is 0 Å². The number of hydrogen-bond acceptors (Lipinski definition) is 3. The van der Waals surface area contributed by atoms with Gasteiger partial charge in [-0.05, 0) is 12.1 Å². The fourth-order valence-electron chi connectivity index (χ4n) is 2.56. The number of aromatic carboxylic acids is 1. The number of hydrogen-bond donors (Lipinski definition) is 2. The van der Waals surface area contributed by atoms with E-state index in [-0.39, 0.29) is 13.9 Å². The first-order chi connectivity index (χ1) is 12.2. The first-order valence-corrected chi connectivity index (χ1v) is 9.92. The summed E-state index contributed by atoms with van der Waals surface area (Å²) in [5.74, 6) is -0.544. The summed E-state index contributed by atoms with van der Waals surface area (Å²) in [6.45, 7) is 12.3. The van der Waals surface area contributed by atoms with E-state index in [0.29, 0.717) is 39.2 Å². The molecule has 4 nitrogen and oxygen atoms in total. The molecule has 2 rings (SSSR count). The third-order valence-corrected chi connectivity index (χ3v) is 4.73. The monoisotopic (exact) mass is 378 g/mol. The van der Waals surface area contributed by atoms with E-state index in [1.165, 1.54) is 0 Å². The van der Waals surface area contributed by atoms with Gasteiger partial charge >= 0.3 is 134 Å². The van der Waals surface area contributed by atoms with Crippen molar-refractivity contribution < 1.29 is 19.8 Å². The van der Waals surface area contributed by atoms with Gasteiger partial charge in [0.2, 0.25) is 0 Å². The molecule has 0 radical (unpaired) electrons. The van der Waals surface area contributed by atoms with Crippen LogP contribution in [0.1, 0.15) is 73.4 Å². The molecule has 140 valence electrons. The van der Waals surface area contributed by atoms with Crippen molar-refractivity contribution in [2.75, 3.05) is 0 Å². The molecule has 0 heterocycles. The van der Waals surface area contributed by atoms with E-state index in [0.717, 1.165) is 16.7 Å². The van der Waals surface area contributed by atoms with E-state index >= 15 is 0 Å². The number of carboxylic acid groups (broad SMARTS) is 1. The van der Waals surface area contributed by atoms with Gasteiger partial charge in [0.1, 0.15) is 0 Å². The maximum absolute atomic E-state index is 11.7. The topological polar surface area (TPSA) is 74.6 Å². The van der Waals surface area contributed by atoms with Crippen LogP contribution in [-0.2, 0) is 10.8 Å². The van der Waals surface area contributed by atoms with Gasteiger partial charge in [0.05, 0.1) is 5.56 Å². The van der Waals surface area contributed by atoms with Crippen molar-refractivity contribution >= 4 is 36.9 Å². The maximum atomic E-state index is 11.7.